The number of nitrogens with two attached hydrogens (primary N) is 1. The molecule has 1 aliphatic carbocycles. The summed E-state index contributed by atoms with van der Waals surface area (Å²) in [6.07, 6.45) is 2.20. The van der Waals surface area contributed by atoms with Crippen LogP contribution in [0, 0.1) is 5.92 Å². The minimum Gasteiger partial charge on any atom is -1.00 e. The number of amides is 3. The van der Waals surface area contributed by atoms with Crippen molar-refractivity contribution < 1.29 is 32.0 Å². The van der Waals surface area contributed by atoms with Gasteiger partial charge in [0.25, 0.3) is 5.91 Å². The number of halogens is 2. The number of benzene rings is 2. The molecule has 9 heteroatoms. The number of carbonyl (C=O) groups excluding carboxylic acids is 2. The van der Waals surface area contributed by atoms with Crippen molar-refractivity contribution in [2.45, 2.75) is 18.8 Å². The second kappa shape index (κ2) is 9.13. The summed E-state index contributed by atoms with van der Waals surface area (Å²) >= 11 is 7.57. The summed E-state index contributed by atoms with van der Waals surface area (Å²) in [7, 11) is 1.74. The van der Waals surface area contributed by atoms with E-state index in [4.69, 9.17) is 16.3 Å². The van der Waals surface area contributed by atoms with Gasteiger partial charge in [0, 0.05) is 41.8 Å². The normalized spacial score (nSPS) is 21.8. The van der Waals surface area contributed by atoms with Gasteiger partial charge >= 0.3 is 6.03 Å². The van der Waals surface area contributed by atoms with Crippen LogP contribution in [-0.4, -0.2) is 55.0 Å². The van der Waals surface area contributed by atoms with E-state index in [1.165, 1.54) is 27.4 Å². The second-order valence-electron chi connectivity index (χ2n) is 9.12. The van der Waals surface area contributed by atoms with Crippen molar-refractivity contribution >= 4 is 50.6 Å². The number of methoxy groups -OCH3 is 1. The lowest BCUT2D eigenvalue weighted by Crippen LogP contribution is -3.00. The average Bonchev–Trinajstić information content (AvgIpc) is 3.40. The van der Waals surface area contributed by atoms with E-state index in [1.54, 1.807) is 12.4 Å². The molecule has 2 aromatic carbocycles. The van der Waals surface area contributed by atoms with Crippen molar-refractivity contribution in [2.24, 2.45) is 5.92 Å². The van der Waals surface area contributed by atoms with Gasteiger partial charge in [-0.2, -0.15) is 0 Å². The Hall–Kier alpha value is -2.16. The van der Waals surface area contributed by atoms with Gasteiger partial charge in [-0.05, 0) is 54.2 Å². The molecule has 3 heterocycles. The van der Waals surface area contributed by atoms with Gasteiger partial charge in [-0.25, -0.2) is 15.0 Å². The first-order valence-corrected chi connectivity index (χ1v) is 12.5. The van der Waals surface area contributed by atoms with Gasteiger partial charge in [-0.3, -0.25) is 4.79 Å². The minimum absolute atomic E-state index is 0. The van der Waals surface area contributed by atoms with Gasteiger partial charge in [0.15, 0.2) is 10.6 Å². The lowest BCUT2D eigenvalue weighted by Gasteiger charge is -2.28. The topological polar surface area (TPSA) is 66.5 Å². The lowest BCUT2D eigenvalue weighted by molar-refractivity contribution is -0.471. The number of carbonyl (C=O) groups is 2. The second-order valence-corrected chi connectivity index (χ2v) is 10.6. The highest BCUT2D eigenvalue weighted by Gasteiger charge is 2.41. The number of likely N-dealkylation sites (tertiary alicyclic amines) is 1. The number of hydrogen-bond acceptors (Lipinski definition) is 5. The maximum atomic E-state index is 13.2. The molecule has 1 saturated heterocycles. The zero-order valence-corrected chi connectivity index (χ0v) is 21.1. The van der Waals surface area contributed by atoms with Gasteiger partial charge in [0.1, 0.15) is 5.75 Å². The van der Waals surface area contributed by atoms with E-state index in [-0.39, 0.29) is 24.3 Å². The van der Waals surface area contributed by atoms with Gasteiger partial charge in [-0.1, -0.05) is 23.7 Å². The van der Waals surface area contributed by atoms with E-state index in [0.29, 0.717) is 40.5 Å². The fraction of sp³-hybridized carbons (Fsp3) is 0.360. The molecule has 178 valence electrons. The first-order valence-electron chi connectivity index (χ1n) is 11.3. The van der Waals surface area contributed by atoms with Gasteiger partial charge in [-0.15, -0.1) is 11.3 Å². The number of urea groups is 1. The molecule has 0 bridgehead atoms. The third-order valence-corrected chi connectivity index (χ3v) is 8.78. The molecule has 2 N–H and O–H groups in total. The van der Waals surface area contributed by atoms with E-state index in [1.807, 2.05) is 24.3 Å². The third kappa shape index (κ3) is 3.80. The molecule has 34 heavy (non-hydrogen) atoms. The maximum absolute atomic E-state index is 13.2. The van der Waals surface area contributed by atoms with E-state index in [9.17, 15) is 9.59 Å². The van der Waals surface area contributed by atoms with Gasteiger partial charge in [0.05, 0.1) is 12.5 Å². The van der Waals surface area contributed by atoms with Crippen molar-refractivity contribution in [3.05, 3.63) is 57.4 Å². The van der Waals surface area contributed by atoms with Crippen molar-refractivity contribution in [2.75, 3.05) is 33.3 Å². The summed E-state index contributed by atoms with van der Waals surface area (Å²) in [5, 5.41) is 3.08. The van der Waals surface area contributed by atoms with E-state index >= 15 is 0 Å². The van der Waals surface area contributed by atoms with E-state index < -0.39 is 0 Å². The highest BCUT2D eigenvalue weighted by molar-refractivity contribution is 7.21. The molecule has 2 aliphatic heterocycles. The fourth-order valence-corrected chi connectivity index (χ4v) is 7.06. The van der Waals surface area contributed by atoms with Crippen LogP contribution in [0.4, 0.5) is 10.5 Å². The average molecular weight is 518 g/mol. The molecule has 0 radical (unpaired) electrons. The van der Waals surface area contributed by atoms with Crippen LogP contribution in [0.15, 0.2) is 36.4 Å². The number of nitrogens with zero attached hydrogens (tertiary/aromatic N) is 2. The summed E-state index contributed by atoms with van der Waals surface area (Å²) in [6, 6.07) is 11.7. The number of quaternary nitrogens is 1. The van der Waals surface area contributed by atoms with Gasteiger partial charge < -0.3 is 22.0 Å². The summed E-state index contributed by atoms with van der Waals surface area (Å²) < 4.78 is 6.56. The van der Waals surface area contributed by atoms with Gasteiger partial charge in [0.2, 0.25) is 0 Å². The van der Waals surface area contributed by atoms with Crippen LogP contribution in [0.5, 0.6) is 5.75 Å². The molecule has 1 fully saturated rings. The number of fused-ring (bicyclic) bond motifs is 6. The Balaban J connectivity index is 0.00000241. The highest BCUT2D eigenvalue weighted by atomic mass is 35.5. The maximum Gasteiger partial charge on any atom is 0.428 e. The number of rotatable bonds is 4. The Morgan fingerprint density at radius 3 is 2.85 bits per heavy atom. The van der Waals surface area contributed by atoms with Crippen LogP contribution in [0.1, 0.15) is 33.1 Å². The monoisotopic (exact) mass is 517 g/mol. The standard InChI is InChI=1S/C25H24ClN3O3S.ClH/c1-32-20-4-2-3-16-17(20)7-5-14-12-28(13-19(14)16)9-10-29-24(30)23-22(27-25(29)31)18-11-15(26)6-8-21(18)33-23;/h2-4,6,8,11,14,19H,5,7,9-10,12-13H2,1H3,(H,27,31);1H/t14-,19+;/m0./s1. The zero-order valence-electron chi connectivity index (χ0n) is 18.7. The van der Waals surface area contributed by atoms with Crippen molar-refractivity contribution in [3.63, 3.8) is 0 Å². The Bertz CT molecular complexity index is 1290. The molecule has 3 amide bonds. The molecule has 0 unspecified atom stereocenters. The minimum atomic E-state index is -0.237. The molecular weight excluding hydrogens is 493 g/mol. The highest BCUT2D eigenvalue weighted by Crippen LogP contribution is 2.44. The predicted molar refractivity (Wildman–Crippen MR) is 129 cm³/mol. The smallest absolute Gasteiger partial charge is 0.428 e. The first-order chi connectivity index (χ1) is 16.0. The molecule has 6 rings (SSSR count). The first kappa shape index (κ1) is 23.6. The van der Waals surface area contributed by atoms with Crippen molar-refractivity contribution in [1.29, 1.82) is 0 Å². The molecular formula is C25H25Cl2N3O3S. The Kier molecular flexibility index (Phi) is 6.33. The number of ether oxygens (including phenoxy) is 1. The molecule has 6 nitrogen and oxygen atoms in total. The molecule has 0 saturated carbocycles. The summed E-state index contributed by atoms with van der Waals surface area (Å²) in [4.78, 5) is 30.5. The quantitative estimate of drug-likeness (QED) is 0.560. The van der Waals surface area contributed by atoms with Crippen LogP contribution < -0.4 is 22.5 Å². The number of primary amides is 1. The van der Waals surface area contributed by atoms with Crippen LogP contribution in [0.3, 0.4) is 0 Å². The third-order valence-electron chi connectivity index (χ3n) is 7.37. The molecule has 3 aromatic rings. The Morgan fingerprint density at radius 1 is 1.18 bits per heavy atom. The van der Waals surface area contributed by atoms with E-state index in [2.05, 4.69) is 17.0 Å². The largest absolute Gasteiger partial charge is 1.00 e. The van der Waals surface area contributed by atoms with Crippen LogP contribution in [0.25, 0.3) is 10.1 Å². The number of thiophene rings is 1. The summed E-state index contributed by atoms with van der Waals surface area (Å²) in [5.41, 5.74) is 3.46. The fourth-order valence-electron chi connectivity index (χ4n) is 5.77. The molecule has 2 atom stereocenters. The number of hydrogen-bond donors (Lipinski definition) is 1. The van der Waals surface area contributed by atoms with Crippen molar-refractivity contribution in [3.8, 4) is 5.75 Å². The summed E-state index contributed by atoms with van der Waals surface area (Å²) in [6.45, 7) is 3.07. The SMILES string of the molecule is COc1cccc2c1CC[C@H]1CN(CCN3C(=O)[NH2+]c4c(sc5ccc(Cl)cc45)C3=O)C[C@@H]21.[Cl-]. The van der Waals surface area contributed by atoms with Crippen LogP contribution in [-0.2, 0) is 6.42 Å². The number of imide groups is 1. The lowest BCUT2D eigenvalue weighted by atomic mass is 9.77. The Labute approximate surface area is 213 Å². The summed E-state index contributed by atoms with van der Waals surface area (Å²) in [5.74, 6) is 1.90. The van der Waals surface area contributed by atoms with E-state index in [0.717, 1.165) is 41.8 Å². The predicted octanol–water partition coefficient (Wildman–Crippen LogP) is 1.000. The molecule has 3 aliphatic rings. The van der Waals surface area contributed by atoms with Crippen molar-refractivity contribution in [1.82, 2.24) is 9.80 Å². The zero-order chi connectivity index (χ0) is 22.7. The van der Waals surface area contributed by atoms with Crippen LogP contribution >= 0.6 is 22.9 Å². The molecule has 0 spiro atoms. The molecule has 1 aromatic heterocycles. The van der Waals surface area contributed by atoms with Crippen LogP contribution in [0.2, 0.25) is 5.02 Å². The Morgan fingerprint density at radius 2 is 2.03 bits per heavy atom.